The van der Waals surface area contributed by atoms with E-state index in [0.29, 0.717) is 24.6 Å². The van der Waals surface area contributed by atoms with Gasteiger partial charge in [0, 0.05) is 61.6 Å². The molecular weight excluding hydrogens is 444 g/mol. The third-order valence-electron chi connectivity index (χ3n) is 8.40. The van der Waals surface area contributed by atoms with Gasteiger partial charge < -0.3 is 20.3 Å². The molecule has 2 saturated heterocycles. The number of nitrogens with one attached hydrogen (secondary N) is 1. The molecule has 0 radical (unpaired) electrons. The number of hydrogen-bond donors (Lipinski definition) is 2. The summed E-state index contributed by atoms with van der Waals surface area (Å²) in [4.78, 5) is 41.7. The van der Waals surface area contributed by atoms with E-state index in [2.05, 4.69) is 16.3 Å². The molecule has 3 aliphatic heterocycles. The number of carbonyl (C=O) groups excluding carboxylic acids is 3. The molecule has 1 saturated carbocycles. The quantitative estimate of drug-likeness (QED) is 0.579. The molecule has 1 aromatic rings. The first-order valence-electron chi connectivity index (χ1n) is 13.4. The largest absolute Gasteiger partial charge is 0.381 e. The number of nitrogens with zero attached hydrogens (tertiary/aromatic N) is 2. The highest BCUT2D eigenvalue weighted by Gasteiger charge is 2.40. The molecule has 1 aliphatic carbocycles. The summed E-state index contributed by atoms with van der Waals surface area (Å²) in [5.74, 6) is 0.00137. The molecule has 3 N–H and O–H groups in total. The number of nitrogens with two attached hydrogens (primary N) is 1. The lowest BCUT2D eigenvalue weighted by Crippen LogP contribution is -2.52. The molecule has 3 heterocycles. The van der Waals surface area contributed by atoms with Crippen molar-refractivity contribution in [3.8, 4) is 0 Å². The fraction of sp³-hybridized carbons (Fsp3) is 0.667. The Morgan fingerprint density at radius 2 is 1.80 bits per heavy atom. The molecular formula is C27H38N4O4. The van der Waals surface area contributed by atoms with E-state index < -0.39 is 6.04 Å². The van der Waals surface area contributed by atoms with Crippen LogP contribution in [0.4, 0.5) is 5.69 Å². The van der Waals surface area contributed by atoms with E-state index >= 15 is 0 Å². The summed E-state index contributed by atoms with van der Waals surface area (Å²) in [7, 11) is 0. The Bertz CT molecular complexity index is 952. The summed E-state index contributed by atoms with van der Waals surface area (Å²) in [5, 5.41) is 2.40. The van der Waals surface area contributed by atoms with Crippen LogP contribution in [0.1, 0.15) is 80.1 Å². The highest BCUT2D eigenvalue weighted by atomic mass is 16.5. The molecule has 0 spiro atoms. The van der Waals surface area contributed by atoms with Crippen molar-refractivity contribution < 1.29 is 19.1 Å². The maximum atomic E-state index is 13.4. The number of fused-ring (bicyclic) bond motifs is 1. The molecule has 1 atom stereocenters. The van der Waals surface area contributed by atoms with E-state index in [-0.39, 0.29) is 30.2 Å². The van der Waals surface area contributed by atoms with E-state index in [1.54, 1.807) is 4.90 Å². The molecule has 1 unspecified atom stereocenters. The summed E-state index contributed by atoms with van der Waals surface area (Å²) < 4.78 is 5.53. The summed E-state index contributed by atoms with van der Waals surface area (Å²) in [5.41, 5.74) is 9.05. The van der Waals surface area contributed by atoms with Crippen LogP contribution in [0.2, 0.25) is 0 Å². The first kappa shape index (κ1) is 24.3. The van der Waals surface area contributed by atoms with Crippen LogP contribution in [0.25, 0.3) is 0 Å². The van der Waals surface area contributed by atoms with Crippen LogP contribution in [-0.4, -0.2) is 60.5 Å². The number of imide groups is 1. The minimum atomic E-state index is -0.588. The Labute approximate surface area is 207 Å². The van der Waals surface area contributed by atoms with Crippen molar-refractivity contribution in [1.29, 1.82) is 0 Å². The van der Waals surface area contributed by atoms with Gasteiger partial charge >= 0.3 is 0 Å². The predicted molar refractivity (Wildman–Crippen MR) is 133 cm³/mol. The van der Waals surface area contributed by atoms with Gasteiger partial charge in [-0.2, -0.15) is 0 Å². The van der Waals surface area contributed by atoms with Crippen molar-refractivity contribution >= 4 is 23.4 Å². The third kappa shape index (κ3) is 5.23. The number of amides is 3. The summed E-state index contributed by atoms with van der Waals surface area (Å²) in [6.07, 6.45) is 9.43. The highest BCUT2D eigenvalue weighted by Crippen LogP contribution is 2.37. The standard InChI is InChI=1S/C27H38N4O4/c28-19-6-8-20(9-7-19)30(14-2-3-18-12-15-35-16-13-18)23-5-1-4-21-22(23)17-31(27(21)34)24-10-11-25(32)29-26(24)33/h1,4-5,18-20,24H,2-3,6-17,28H2,(H,29,32,33). The second kappa shape index (κ2) is 10.7. The van der Waals surface area contributed by atoms with Crippen molar-refractivity contribution in [3.05, 3.63) is 29.3 Å². The normalized spacial score (nSPS) is 27.6. The molecule has 3 fully saturated rings. The molecule has 5 rings (SSSR count). The van der Waals surface area contributed by atoms with Gasteiger partial charge in [0.15, 0.2) is 0 Å². The van der Waals surface area contributed by atoms with E-state index in [1.165, 1.54) is 6.42 Å². The first-order valence-corrected chi connectivity index (χ1v) is 13.4. The topological polar surface area (TPSA) is 105 Å². The number of ether oxygens (including phenoxy) is 1. The van der Waals surface area contributed by atoms with Crippen LogP contribution in [-0.2, 0) is 20.9 Å². The Hall–Kier alpha value is -2.45. The fourth-order valence-corrected chi connectivity index (χ4v) is 6.34. The van der Waals surface area contributed by atoms with E-state index in [0.717, 1.165) is 81.9 Å². The molecule has 0 bridgehead atoms. The van der Waals surface area contributed by atoms with Crippen molar-refractivity contribution in [1.82, 2.24) is 10.2 Å². The molecule has 1 aromatic carbocycles. The smallest absolute Gasteiger partial charge is 0.255 e. The van der Waals surface area contributed by atoms with Gasteiger partial charge in [0.2, 0.25) is 11.8 Å². The van der Waals surface area contributed by atoms with Crippen LogP contribution in [0.15, 0.2) is 18.2 Å². The molecule has 8 nitrogen and oxygen atoms in total. The van der Waals surface area contributed by atoms with E-state index in [9.17, 15) is 14.4 Å². The monoisotopic (exact) mass is 482 g/mol. The van der Waals surface area contributed by atoms with Crippen LogP contribution in [0, 0.1) is 5.92 Å². The zero-order valence-electron chi connectivity index (χ0n) is 20.5. The zero-order chi connectivity index (χ0) is 24.4. The lowest BCUT2D eigenvalue weighted by molar-refractivity contribution is -0.136. The lowest BCUT2D eigenvalue weighted by atomic mass is 9.89. The van der Waals surface area contributed by atoms with Crippen molar-refractivity contribution in [2.75, 3.05) is 24.7 Å². The van der Waals surface area contributed by atoms with Gasteiger partial charge in [-0.3, -0.25) is 19.7 Å². The Kier molecular flexibility index (Phi) is 7.39. The molecule has 3 amide bonds. The Balaban J connectivity index is 1.36. The van der Waals surface area contributed by atoms with Crippen LogP contribution in [0.5, 0.6) is 0 Å². The average Bonchev–Trinajstić information content (AvgIpc) is 3.20. The van der Waals surface area contributed by atoms with Gasteiger partial charge in [-0.25, -0.2) is 0 Å². The van der Waals surface area contributed by atoms with Gasteiger partial charge in [0.1, 0.15) is 6.04 Å². The van der Waals surface area contributed by atoms with E-state index in [4.69, 9.17) is 10.5 Å². The summed E-state index contributed by atoms with van der Waals surface area (Å²) >= 11 is 0. The second-order valence-electron chi connectivity index (χ2n) is 10.7. The van der Waals surface area contributed by atoms with Crippen molar-refractivity contribution in [3.63, 3.8) is 0 Å². The van der Waals surface area contributed by atoms with Gasteiger partial charge in [-0.1, -0.05) is 6.07 Å². The number of carbonyl (C=O) groups is 3. The predicted octanol–water partition coefficient (Wildman–Crippen LogP) is 2.73. The average molecular weight is 483 g/mol. The minimum Gasteiger partial charge on any atom is -0.381 e. The maximum absolute atomic E-state index is 13.4. The number of hydrogen-bond acceptors (Lipinski definition) is 6. The van der Waals surface area contributed by atoms with Gasteiger partial charge in [0.25, 0.3) is 5.91 Å². The first-order chi connectivity index (χ1) is 17.0. The third-order valence-corrected chi connectivity index (χ3v) is 8.40. The van der Waals surface area contributed by atoms with Crippen LogP contribution in [0.3, 0.4) is 0 Å². The van der Waals surface area contributed by atoms with Crippen LogP contribution < -0.4 is 16.0 Å². The van der Waals surface area contributed by atoms with E-state index in [1.807, 2.05) is 12.1 Å². The zero-order valence-corrected chi connectivity index (χ0v) is 20.5. The van der Waals surface area contributed by atoms with Gasteiger partial charge in [-0.15, -0.1) is 0 Å². The number of anilines is 1. The lowest BCUT2D eigenvalue weighted by Gasteiger charge is -2.39. The SMILES string of the molecule is NC1CCC(N(CCCC2CCOCC2)c2cccc3c2CN(C2CCC(=O)NC2=O)C3=O)CC1. The Morgan fingerprint density at radius 1 is 1.03 bits per heavy atom. The minimum absolute atomic E-state index is 0.107. The van der Waals surface area contributed by atoms with Crippen molar-refractivity contribution in [2.24, 2.45) is 11.7 Å². The van der Waals surface area contributed by atoms with Crippen molar-refractivity contribution in [2.45, 2.75) is 88.9 Å². The molecule has 35 heavy (non-hydrogen) atoms. The summed E-state index contributed by atoms with van der Waals surface area (Å²) in [6.45, 7) is 3.12. The molecule has 0 aromatic heterocycles. The Morgan fingerprint density at radius 3 is 2.54 bits per heavy atom. The summed E-state index contributed by atoms with van der Waals surface area (Å²) in [6, 6.07) is 6.10. The fourth-order valence-electron chi connectivity index (χ4n) is 6.34. The number of piperidine rings is 1. The molecule has 190 valence electrons. The molecule has 8 heteroatoms. The van der Waals surface area contributed by atoms with Gasteiger partial charge in [0.05, 0.1) is 0 Å². The van der Waals surface area contributed by atoms with Gasteiger partial charge in [-0.05, 0) is 75.8 Å². The van der Waals surface area contributed by atoms with Crippen LogP contribution >= 0.6 is 0 Å². The molecule has 4 aliphatic rings. The second-order valence-corrected chi connectivity index (χ2v) is 10.7. The maximum Gasteiger partial charge on any atom is 0.255 e. The number of benzene rings is 1. The number of rotatable bonds is 7. The highest BCUT2D eigenvalue weighted by molar-refractivity contribution is 6.06.